The Bertz CT molecular complexity index is 1400. The standard InChI is InChI=1S/C35H45IN2O9/c1-34(2,3)46-29(40)14-13-25(19-39)37-31(41)26-8-5-15-38(26)32(42)21-17-27(44-33(43)20-6-4-7-24(36)16-20)30-28(18-21)45-35(47-30,22-9-10-22)23-11-12-23/h4,6-7,16,18,22-23,25-28,30,39H,5,8-15,17,19H2,1-3H3,(H,37,41). The lowest BCUT2D eigenvalue weighted by molar-refractivity contribution is -0.209. The fourth-order valence-corrected chi connectivity index (χ4v) is 7.58. The van der Waals surface area contributed by atoms with Crippen molar-refractivity contribution in [2.45, 2.75) is 120 Å². The number of hydrogen-bond donors (Lipinski definition) is 2. The van der Waals surface area contributed by atoms with E-state index in [4.69, 9.17) is 18.9 Å². The van der Waals surface area contributed by atoms with Crippen molar-refractivity contribution >= 4 is 46.3 Å². The van der Waals surface area contributed by atoms with E-state index in [1.807, 2.05) is 12.1 Å². The van der Waals surface area contributed by atoms with E-state index in [9.17, 15) is 24.3 Å². The third kappa shape index (κ3) is 7.86. The highest BCUT2D eigenvalue weighted by Gasteiger charge is 2.64. The summed E-state index contributed by atoms with van der Waals surface area (Å²) in [4.78, 5) is 54.7. The van der Waals surface area contributed by atoms with Gasteiger partial charge >= 0.3 is 11.9 Å². The van der Waals surface area contributed by atoms with Crippen LogP contribution in [-0.4, -0.2) is 88.7 Å². The molecule has 3 aliphatic carbocycles. The minimum Gasteiger partial charge on any atom is -0.460 e. The van der Waals surface area contributed by atoms with Crippen molar-refractivity contribution in [1.82, 2.24) is 10.2 Å². The number of halogens is 1. The van der Waals surface area contributed by atoms with Gasteiger partial charge in [0.15, 0.2) is 5.79 Å². The molecule has 1 aromatic rings. The average molecular weight is 765 g/mol. The predicted octanol–water partition coefficient (Wildman–Crippen LogP) is 4.04. The van der Waals surface area contributed by atoms with Crippen LogP contribution in [-0.2, 0) is 33.3 Å². The van der Waals surface area contributed by atoms with E-state index in [1.54, 1.807) is 43.9 Å². The van der Waals surface area contributed by atoms with E-state index in [0.717, 1.165) is 29.3 Å². The number of aliphatic hydroxyl groups is 1. The fourth-order valence-electron chi connectivity index (χ4n) is 7.04. The number of aliphatic hydroxyl groups excluding tert-OH is 1. The molecule has 2 heterocycles. The van der Waals surface area contributed by atoms with Crippen molar-refractivity contribution in [3.63, 3.8) is 0 Å². The molecule has 2 amide bonds. The summed E-state index contributed by atoms with van der Waals surface area (Å²) in [5.41, 5.74) is 0.228. The smallest absolute Gasteiger partial charge is 0.338 e. The van der Waals surface area contributed by atoms with Crippen LogP contribution in [0.25, 0.3) is 0 Å². The first-order chi connectivity index (χ1) is 22.4. The Morgan fingerprint density at radius 3 is 2.47 bits per heavy atom. The summed E-state index contributed by atoms with van der Waals surface area (Å²) in [6, 6.07) is 5.77. The molecule has 2 saturated carbocycles. The van der Waals surface area contributed by atoms with E-state index < -0.39 is 53.7 Å². The Kier molecular flexibility index (Phi) is 10.0. The number of likely N-dealkylation sites (tertiary alicyclic amines) is 1. The number of esters is 2. The Labute approximate surface area is 289 Å². The van der Waals surface area contributed by atoms with Crippen LogP contribution < -0.4 is 5.32 Å². The molecule has 0 bridgehead atoms. The third-order valence-electron chi connectivity index (χ3n) is 9.50. The Morgan fingerprint density at radius 2 is 1.83 bits per heavy atom. The Morgan fingerprint density at radius 1 is 1.11 bits per heavy atom. The van der Waals surface area contributed by atoms with Crippen LogP contribution in [0.2, 0.25) is 0 Å². The lowest BCUT2D eigenvalue weighted by atomic mass is 9.91. The minimum atomic E-state index is -0.741. The second-order valence-electron chi connectivity index (χ2n) is 14.5. The largest absolute Gasteiger partial charge is 0.460 e. The van der Waals surface area contributed by atoms with Crippen LogP contribution in [0.3, 0.4) is 0 Å². The van der Waals surface area contributed by atoms with Gasteiger partial charge in [-0.3, -0.25) is 14.4 Å². The normalized spacial score (nSPS) is 27.4. The van der Waals surface area contributed by atoms with Crippen LogP contribution in [0.4, 0.5) is 0 Å². The molecule has 2 N–H and O–H groups in total. The van der Waals surface area contributed by atoms with Crippen molar-refractivity contribution in [3.8, 4) is 0 Å². The summed E-state index contributed by atoms with van der Waals surface area (Å²) < 4.78 is 25.8. The van der Waals surface area contributed by atoms with E-state index in [1.165, 1.54) is 0 Å². The number of hydrogen-bond acceptors (Lipinski definition) is 9. The highest BCUT2D eigenvalue weighted by molar-refractivity contribution is 14.1. The van der Waals surface area contributed by atoms with Crippen molar-refractivity contribution in [2.24, 2.45) is 11.8 Å². The molecule has 5 atom stereocenters. The van der Waals surface area contributed by atoms with Gasteiger partial charge in [-0.05, 0) is 113 Å². The van der Waals surface area contributed by atoms with Gasteiger partial charge in [0.2, 0.25) is 11.8 Å². The van der Waals surface area contributed by atoms with Gasteiger partial charge in [-0.15, -0.1) is 0 Å². The van der Waals surface area contributed by atoms with Gasteiger partial charge in [0, 0.05) is 40.4 Å². The van der Waals surface area contributed by atoms with Crippen molar-refractivity contribution < 1.29 is 43.2 Å². The lowest BCUT2D eigenvalue weighted by Crippen LogP contribution is -2.51. The zero-order valence-electron chi connectivity index (χ0n) is 27.2. The van der Waals surface area contributed by atoms with Gasteiger partial charge in [-0.25, -0.2) is 4.79 Å². The average Bonchev–Trinajstić information content (AvgIpc) is 3.96. The number of fused-ring (bicyclic) bond motifs is 1. The maximum atomic E-state index is 14.1. The summed E-state index contributed by atoms with van der Waals surface area (Å²) in [5.74, 6) is -1.70. The molecule has 1 aromatic carbocycles. The lowest BCUT2D eigenvalue weighted by Gasteiger charge is -2.33. The molecular weight excluding hydrogens is 719 g/mol. The first-order valence-electron chi connectivity index (χ1n) is 16.8. The van der Waals surface area contributed by atoms with Gasteiger partial charge in [0.05, 0.1) is 18.2 Å². The van der Waals surface area contributed by atoms with Gasteiger partial charge < -0.3 is 34.3 Å². The van der Waals surface area contributed by atoms with Gasteiger partial charge in [-0.1, -0.05) is 6.07 Å². The quantitative estimate of drug-likeness (QED) is 0.253. The van der Waals surface area contributed by atoms with Crippen LogP contribution in [0.1, 0.15) is 88.9 Å². The number of nitrogens with one attached hydrogen (secondary N) is 1. The molecule has 256 valence electrons. The maximum Gasteiger partial charge on any atom is 0.338 e. The van der Waals surface area contributed by atoms with Crippen molar-refractivity contribution in [2.75, 3.05) is 13.2 Å². The molecule has 0 spiro atoms. The summed E-state index contributed by atoms with van der Waals surface area (Å²) in [7, 11) is 0. The molecule has 5 aliphatic rings. The summed E-state index contributed by atoms with van der Waals surface area (Å²) in [6.07, 6.45) is 5.59. The predicted molar refractivity (Wildman–Crippen MR) is 178 cm³/mol. The van der Waals surface area contributed by atoms with Crippen LogP contribution >= 0.6 is 22.6 Å². The molecule has 6 rings (SSSR count). The van der Waals surface area contributed by atoms with E-state index >= 15 is 0 Å². The van der Waals surface area contributed by atoms with E-state index in [2.05, 4.69) is 27.9 Å². The number of nitrogens with zero attached hydrogens (tertiary/aromatic N) is 1. The molecular formula is C35H45IN2O9. The molecule has 0 radical (unpaired) electrons. The number of amides is 2. The number of ether oxygens (including phenoxy) is 4. The number of carbonyl (C=O) groups is 4. The van der Waals surface area contributed by atoms with Gasteiger partial charge in [0.1, 0.15) is 30.0 Å². The highest BCUT2D eigenvalue weighted by atomic mass is 127. The fraction of sp³-hybridized carbons (Fsp3) is 0.657. The second-order valence-corrected chi connectivity index (χ2v) is 15.7. The van der Waals surface area contributed by atoms with Gasteiger partial charge in [0.25, 0.3) is 0 Å². The number of carbonyl (C=O) groups excluding carboxylic acids is 4. The Balaban J connectivity index is 1.16. The maximum absolute atomic E-state index is 14.1. The summed E-state index contributed by atoms with van der Waals surface area (Å²) in [5, 5.41) is 12.8. The highest BCUT2D eigenvalue weighted by Crippen LogP contribution is 2.59. The molecule has 2 aliphatic heterocycles. The van der Waals surface area contributed by atoms with Crippen molar-refractivity contribution in [3.05, 3.63) is 45.0 Å². The summed E-state index contributed by atoms with van der Waals surface area (Å²) >= 11 is 2.15. The molecule has 0 aromatic heterocycles. The summed E-state index contributed by atoms with van der Waals surface area (Å²) in [6.45, 7) is 5.38. The van der Waals surface area contributed by atoms with Crippen LogP contribution in [0.15, 0.2) is 35.9 Å². The third-order valence-corrected chi connectivity index (χ3v) is 10.2. The number of benzene rings is 1. The minimum absolute atomic E-state index is 0.0407. The van der Waals surface area contributed by atoms with E-state index in [-0.39, 0.29) is 37.7 Å². The SMILES string of the molecule is CC(C)(C)OC(=O)CCC(CO)NC(=O)C1CCCN1C(=O)C1=CC2OC(C3CC3)(C3CC3)OC2C(OC(=O)c2cccc(I)c2)C1. The molecule has 5 unspecified atom stereocenters. The van der Waals surface area contributed by atoms with Gasteiger partial charge in [-0.2, -0.15) is 0 Å². The second kappa shape index (κ2) is 13.8. The number of rotatable bonds is 11. The topological polar surface area (TPSA) is 141 Å². The van der Waals surface area contributed by atoms with E-state index in [0.29, 0.717) is 42.4 Å². The van der Waals surface area contributed by atoms with Crippen molar-refractivity contribution in [1.29, 1.82) is 0 Å². The van der Waals surface area contributed by atoms with Crippen LogP contribution in [0, 0.1) is 15.4 Å². The molecule has 47 heavy (non-hydrogen) atoms. The molecule has 4 fully saturated rings. The first kappa shape index (κ1) is 34.3. The monoisotopic (exact) mass is 764 g/mol. The zero-order chi connectivity index (χ0) is 33.5. The van der Waals surface area contributed by atoms with Crippen LogP contribution in [0.5, 0.6) is 0 Å². The molecule has 11 nitrogen and oxygen atoms in total. The zero-order valence-corrected chi connectivity index (χ0v) is 29.4. The molecule has 12 heteroatoms. The first-order valence-corrected chi connectivity index (χ1v) is 17.9. The molecule has 2 saturated heterocycles. The Hall–Kier alpha value is -2.55.